The molecule has 3 N–H and O–H groups in total. The number of nitrogens with zero attached hydrogens (tertiary/aromatic N) is 3. The number of carbonyl (C=O) groups is 1. The number of benzene rings is 2. The highest BCUT2D eigenvalue weighted by molar-refractivity contribution is 7.17. The van der Waals surface area contributed by atoms with E-state index in [-0.39, 0.29) is 41.6 Å². The summed E-state index contributed by atoms with van der Waals surface area (Å²) >= 11 is 0. The Morgan fingerprint density at radius 3 is 2.57 bits per heavy atom. The van der Waals surface area contributed by atoms with Gasteiger partial charge in [0.1, 0.15) is 0 Å². The molecule has 0 radical (unpaired) electrons. The quantitative estimate of drug-likeness (QED) is 0.225. The molecule has 0 aliphatic carbocycles. The van der Waals surface area contributed by atoms with E-state index >= 15 is 0 Å². The van der Waals surface area contributed by atoms with Gasteiger partial charge in [0, 0.05) is 42.4 Å². The lowest BCUT2D eigenvalue weighted by molar-refractivity contribution is -0.121. The molecule has 0 aliphatic heterocycles. The van der Waals surface area contributed by atoms with Crippen molar-refractivity contribution in [1.82, 2.24) is 25.7 Å². The van der Waals surface area contributed by atoms with Crippen LogP contribution in [0.25, 0.3) is 22.2 Å². The monoisotopic (exact) mass is 500 g/mol. The molecule has 1 amide bonds. The lowest BCUT2D eigenvalue weighted by Crippen LogP contribution is -2.26. The standard InChI is InChI=1S/C23H23F2N6O3P/c24-23(25,35)15-8-6-14(7-9-15)20-28-19(34-31-20)11-10-18(32)26-12-3-13-27-21-16-4-1-2-5-17(16)22(33)30-29-21/h1-2,4-9H,3,10-13,35H2,(H,26,32)(H,27,29)(H,30,33). The van der Waals surface area contributed by atoms with Gasteiger partial charge in [-0.3, -0.25) is 9.59 Å². The molecule has 2 aromatic heterocycles. The minimum absolute atomic E-state index is 0.134. The maximum atomic E-state index is 13.3. The molecule has 1 atom stereocenters. The molecule has 2 heterocycles. The number of aryl methyl sites for hydroxylation is 1. The number of hydrogen-bond donors (Lipinski definition) is 3. The molecule has 182 valence electrons. The third-order valence-corrected chi connectivity index (χ3v) is 5.56. The molecule has 0 aliphatic rings. The predicted molar refractivity (Wildman–Crippen MR) is 130 cm³/mol. The Kier molecular flexibility index (Phi) is 7.45. The van der Waals surface area contributed by atoms with Crippen molar-refractivity contribution < 1.29 is 18.1 Å². The molecule has 0 saturated heterocycles. The summed E-state index contributed by atoms with van der Waals surface area (Å²) in [6.45, 7) is 1.01. The Labute approximate surface area is 200 Å². The van der Waals surface area contributed by atoms with Crippen LogP contribution in [0.1, 0.15) is 24.3 Å². The van der Waals surface area contributed by atoms with Gasteiger partial charge in [0.05, 0.1) is 5.39 Å². The van der Waals surface area contributed by atoms with E-state index in [4.69, 9.17) is 4.52 Å². The zero-order valence-corrected chi connectivity index (χ0v) is 19.7. The summed E-state index contributed by atoms with van der Waals surface area (Å²) in [5, 5.41) is 17.6. The van der Waals surface area contributed by atoms with Crippen molar-refractivity contribution in [1.29, 1.82) is 0 Å². The maximum Gasteiger partial charge on any atom is 0.283 e. The second-order valence-electron chi connectivity index (χ2n) is 7.79. The van der Waals surface area contributed by atoms with Crippen molar-refractivity contribution in [3.63, 3.8) is 0 Å². The molecule has 4 aromatic rings. The molecule has 0 saturated carbocycles. The van der Waals surface area contributed by atoms with Crippen LogP contribution in [-0.2, 0) is 16.9 Å². The van der Waals surface area contributed by atoms with E-state index in [0.717, 1.165) is 5.39 Å². The van der Waals surface area contributed by atoms with E-state index in [9.17, 15) is 18.4 Å². The highest BCUT2D eigenvalue weighted by atomic mass is 31.0. The van der Waals surface area contributed by atoms with Gasteiger partial charge in [-0.15, -0.1) is 0 Å². The zero-order chi connectivity index (χ0) is 24.8. The van der Waals surface area contributed by atoms with Crippen LogP contribution in [0.3, 0.4) is 0 Å². The number of hydrogen-bond acceptors (Lipinski definition) is 7. The lowest BCUT2D eigenvalue weighted by Gasteiger charge is -2.09. The Bertz CT molecular complexity index is 1370. The molecular weight excluding hydrogens is 477 g/mol. The van der Waals surface area contributed by atoms with Gasteiger partial charge >= 0.3 is 0 Å². The fourth-order valence-electron chi connectivity index (χ4n) is 3.40. The summed E-state index contributed by atoms with van der Waals surface area (Å²) in [5.41, 5.74) is -2.84. The molecule has 35 heavy (non-hydrogen) atoms. The molecule has 0 bridgehead atoms. The maximum absolute atomic E-state index is 13.3. The number of amides is 1. The van der Waals surface area contributed by atoms with Gasteiger partial charge in [0.2, 0.25) is 17.6 Å². The summed E-state index contributed by atoms with van der Waals surface area (Å²) in [6.07, 6.45) is 1.07. The Hall–Kier alpha value is -3.72. The number of carbonyl (C=O) groups excluding carboxylic acids is 1. The van der Waals surface area contributed by atoms with E-state index in [1.54, 1.807) is 12.1 Å². The minimum Gasteiger partial charge on any atom is -0.368 e. The average Bonchev–Trinajstić information content (AvgIpc) is 3.33. The van der Waals surface area contributed by atoms with Gasteiger partial charge in [-0.1, -0.05) is 56.9 Å². The Balaban J connectivity index is 1.19. The molecule has 12 heteroatoms. The molecular formula is C23H23F2N6O3P. The summed E-state index contributed by atoms with van der Waals surface area (Å²) in [5.74, 6) is 0.974. The number of nitrogens with one attached hydrogen (secondary N) is 3. The topological polar surface area (TPSA) is 126 Å². The Morgan fingerprint density at radius 2 is 1.83 bits per heavy atom. The van der Waals surface area contributed by atoms with Crippen LogP contribution in [-0.4, -0.2) is 39.3 Å². The van der Waals surface area contributed by atoms with Gasteiger partial charge in [0.15, 0.2) is 5.82 Å². The summed E-state index contributed by atoms with van der Waals surface area (Å²) < 4.78 is 31.8. The molecule has 0 spiro atoms. The smallest absolute Gasteiger partial charge is 0.283 e. The first-order valence-electron chi connectivity index (χ1n) is 10.9. The van der Waals surface area contributed by atoms with E-state index < -0.39 is 5.66 Å². The van der Waals surface area contributed by atoms with Crippen LogP contribution in [0.15, 0.2) is 57.8 Å². The molecule has 4 rings (SSSR count). The van der Waals surface area contributed by atoms with E-state index in [1.165, 1.54) is 33.5 Å². The third-order valence-electron chi connectivity index (χ3n) is 5.23. The van der Waals surface area contributed by atoms with Gasteiger partial charge in [0.25, 0.3) is 11.2 Å². The highest BCUT2D eigenvalue weighted by Gasteiger charge is 2.24. The zero-order valence-electron chi connectivity index (χ0n) is 18.6. The largest absolute Gasteiger partial charge is 0.368 e. The van der Waals surface area contributed by atoms with Crippen molar-refractivity contribution >= 4 is 31.7 Å². The summed E-state index contributed by atoms with van der Waals surface area (Å²) in [7, 11) is 1.49. The normalized spacial score (nSPS) is 11.5. The number of aromatic amines is 1. The van der Waals surface area contributed by atoms with Crippen molar-refractivity contribution in [3.8, 4) is 11.4 Å². The van der Waals surface area contributed by atoms with Crippen LogP contribution in [0, 0.1) is 0 Å². The van der Waals surface area contributed by atoms with Gasteiger partial charge in [-0.05, 0) is 12.5 Å². The molecule has 9 nitrogen and oxygen atoms in total. The van der Waals surface area contributed by atoms with Crippen molar-refractivity contribution in [3.05, 3.63) is 70.3 Å². The van der Waals surface area contributed by atoms with E-state index in [1.807, 2.05) is 12.1 Å². The predicted octanol–water partition coefficient (Wildman–Crippen LogP) is 3.45. The summed E-state index contributed by atoms with van der Waals surface area (Å²) in [4.78, 5) is 28.2. The number of aromatic nitrogens is 4. The van der Waals surface area contributed by atoms with Gasteiger partial charge < -0.3 is 15.2 Å². The van der Waals surface area contributed by atoms with Crippen molar-refractivity contribution in [2.24, 2.45) is 0 Å². The second-order valence-corrected chi connectivity index (χ2v) is 8.51. The van der Waals surface area contributed by atoms with Crippen LogP contribution < -0.4 is 16.2 Å². The lowest BCUT2D eigenvalue weighted by atomic mass is 10.1. The highest BCUT2D eigenvalue weighted by Crippen LogP contribution is 2.35. The Morgan fingerprint density at radius 1 is 1.09 bits per heavy atom. The fraction of sp³-hybridized carbons (Fsp3) is 0.261. The van der Waals surface area contributed by atoms with E-state index in [2.05, 4.69) is 31.0 Å². The fourth-order valence-corrected chi connectivity index (χ4v) is 3.59. The SMILES string of the molecule is O=C(CCc1nc(-c2ccc(C(F)(F)P)cc2)no1)NCCCNc1n[nH]c(=O)c2ccccc12. The number of rotatable bonds is 10. The first kappa shape index (κ1) is 24.4. The number of halogens is 2. The molecule has 2 aromatic carbocycles. The second kappa shape index (κ2) is 10.7. The van der Waals surface area contributed by atoms with Crippen LogP contribution in [0.5, 0.6) is 0 Å². The van der Waals surface area contributed by atoms with E-state index in [0.29, 0.717) is 36.3 Å². The first-order valence-corrected chi connectivity index (χ1v) is 11.5. The third kappa shape index (κ3) is 6.24. The first-order chi connectivity index (χ1) is 16.8. The van der Waals surface area contributed by atoms with Crippen molar-refractivity contribution in [2.45, 2.75) is 24.9 Å². The average molecular weight is 500 g/mol. The number of H-pyrrole nitrogens is 1. The number of fused-ring (bicyclic) bond motifs is 1. The van der Waals surface area contributed by atoms with Gasteiger partial charge in [-0.2, -0.15) is 18.9 Å². The molecule has 1 unspecified atom stereocenters. The minimum atomic E-state index is -3.00. The van der Waals surface area contributed by atoms with Gasteiger partial charge in [-0.25, -0.2) is 5.10 Å². The summed E-state index contributed by atoms with van der Waals surface area (Å²) in [6, 6.07) is 12.8. The number of alkyl halides is 2. The van der Waals surface area contributed by atoms with Crippen LogP contribution >= 0.6 is 9.24 Å². The molecule has 0 fully saturated rings. The number of anilines is 1. The van der Waals surface area contributed by atoms with Crippen LogP contribution in [0.2, 0.25) is 0 Å². The van der Waals surface area contributed by atoms with Crippen molar-refractivity contribution in [2.75, 3.05) is 18.4 Å². The van der Waals surface area contributed by atoms with Crippen LogP contribution in [0.4, 0.5) is 14.6 Å².